The molecule has 0 spiro atoms. The van der Waals surface area contributed by atoms with Crippen molar-refractivity contribution in [3.05, 3.63) is 82.9 Å². The number of fused-ring (bicyclic) bond motifs is 2. The van der Waals surface area contributed by atoms with Gasteiger partial charge in [-0.3, -0.25) is 0 Å². The normalized spacial score (nSPS) is 11.2. The van der Waals surface area contributed by atoms with Crippen molar-refractivity contribution in [1.29, 1.82) is 0 Å². The Morgan fingerprint density at radius 1 is 0.649 bits per heavy atom. The minimum absolute atomic E-state index is 0.278. The Hall–Kier alpha value is -4.06. The third-order valence-corrected chi connectivity index (χ3v) is 6.10. The van der Waals surface area contributed by atoms with Crippen molar-refractivity contribution in [1.82, 2.24) is 0 Å². The lowest BCUT2D eigenvalue weighted by Gasteiger charge is -2.21. The van der Waals surface area contributed by atoms with E-state index in [0.29, 0.717) is 29.0 Å². The average molecular weight is 501 g/mol. The fraction of sp³-hybridized carbons (Fsp3) is 0.290. The molecule has 0 atom stereocenters. The van der Waals surface area contributed by atoms with Crippen molar-refractivity contribution in [2.45, 2.75) is 46.3 Å². The zero-order chi connectivity index (χ0) is 26.7. The van der Waals surface area contributed by atoms with Crippen LogP contribution in [0.15, 0.2) is 60.7 Å². The van der Waals surface area contributed by atoms with Crippen LogP contribution in [0.2, 0.25) is 0 Å². The zero-order valence-corrected chi connectivity index (χ0v) is 22.1. The van der Waals surface area contributed by atoms with Crippen molar-refractivity contribution in [2.75, 3.05) is 14.2 Å². The molecule has 192 valence electrons. The monoisotopic (exact) mass is 500 g/mol. The maximum Gasteiger partial charge on any atom is 0.342 e. The molecule has 0 aliphatic carbocycles. The summed E-state index contributed by atoms with van der Waals surface area (Å²) in [4.78, 5) is 26.2. The van der Waals surface area contributed by atoms with E-state index in [1.807, 2.05) is 76.2 Å². The summed E-state index contributed by atoms with van der Waals surface area (Å²) in [7, 11) is 3.09. The lowest BCUT2D eigenvalue weighted by molar-refractivity contribution is 0.0363. The van der Waals surface area contributed by atoms with Crippen LogP contribution < -0.4 is 9.47 Å². The fourth-order valence-electron chi connectivity index (χ4n) is 4.66. The van der Waals surface area contributed by atoms with Crippen LogP contribution in [0.1, 0.15) is 59.5 Å². The average Bonchev–Trinajstić information content (AvgIpc) is 2.87. The third kappa shape index (κ3) is 5.24. The van der Waals surface area contributed by atoms with Gasteiger partial charge in [0.15, 0.2) is 0 Å². The Morgan fingerprint density at radius 3 is 1.38 bits per heavy atom. The topological polar surface area (TPSA) is 71.1 Å². The molecule has 0 aromatic heterocycles. The van der Waals surface area contributed by atoms with E-state index in [1.54, 1.807) is 26.4 Å². The summed E-state index contributed by atoms with van der Waals surface area (Å²) in [6.07, 6.45) is -0.210. The third-order valence-electron chi connectivity index (χ3n) is 6.10. The predicted molar refractivity (Wildman–Crippen MR) is 145 cm³/mol. The van der Waals surface area contributed by atoms with E-state index in [9.17, 15) is 9.59 Å². The molecular formula is C31H32O6. The molecule has 6 nitrogen and oxygen atoms in total. The largest absolute Gasteiger partial charge is 0.496 e. The Morgan fingerprint density at radius 2 is 1.03 bits per heavy atom. The second-order valence-corrected chi connectivity index (χ2v) is 9.40. The number of ether oxygens (including phenoxy) is 4. The second kappa shape index (κ2) is 10.9. The van der Waals surface area contributed by atoms with E-state index in [2.05, 4.69) is 0 Å². The molecule has 0 heterocycles. The molecule has 6 heteroatoms. The first kappa shape index (κ1) is 26.0. The molecule has 4 rings (SSSR count). The molecule has 0 saturated heterocycles. The lowest BCUT2D eigenvalue weighted by Crippen LogP contribution is -2.15. The van der Waals surface area contributed by atoms with Gasteiger partial charge in [-0.1, -0.05) is 48.5 Å². The van der Waals surface area contributed by atoms with Crippen molar-refractivity contribution in [2.24, 2.45) is 0 Å². The van der Waals surface area contributed by atoms with Crippen molar-refractivity contribution >= 4 is 33.5 Å². The highest BCUT2D eigenvalue weighted by molar-refractivity contribution is 6.03. The van der Waals surface area contributed by atoms with Gasteiger partial charge in [-0.2, -0.15) is 0 Å². The van der Waals surface area contributed by atoms with E-state index >= 15 is 0 Å². The molecule has 4 aromatic carbocycles. The maximum atomic E-state index is 13.1. The first-order valence-electron chi connectivity index (χ1n) is 12.3. The van der Waals surface area contributed by atoms with Gasteiger partial charge < -0.3 is 18.9 Å². The summed E-state index contributed by atoms with van der Waals surface area (Å²) in [5, 5.41) is 3.63. The molecule has 0 amide bonds. The van der Waals surface area contributed by atoms with Gasteiger partial charge >= 0.3 is 11.9 Å². The molecule has 0 N–H and O–H groups in total. The van der Waals surface area contributed by atoms with Gasteiger partial charge in [-0.25, -0.2) is 9.59 Å². The summed E-state index contributed by atoms with van der Waals surface area (Å²) in [6.45, 7) is 7.24. The molecule has 37 heavy (non-hydrogen) atoms. The molecule has 0 saturated carbocycles. The molecule has 0 radical (unpaired) electrons. The van der Waals surface area contributed by atoms with Crippen LogP contribution in [-0.4, -0.2) is 38.4 Å². The Bertz CT molecular complexity index is 1360. The first-order valence-corrected chi connectivity index (χ1v) is 12.3. The van der Waals surface area contributed by atoms with Gasteiger partial charge in [0.05, 0.1) is 26.4 Å². The number of hydrogen-bond donors (Lipinski definition) is 0. The number of methoxy groups -OCH3 is 2. The molecule has 0 aliphatic heterocycles. The number of carbonyl (C=O) groups excluding carboxylic acids is 2. The standard InChI is InChI=1S/C31H32O6/c1-18(2)36-30(32)26-15-20-11-7-9-13-22(20)24(28(26)34-5)17-25-23-14-10-8-12-21(23)16-27(29(25)35-6)31(33)37-19(3)4/h7-16,18-19H,17H2,1-6H3. The highest BCUT2D eigenvalue weighted by atomic mass is 16.5. The van der Waals surface area contributed by atoms with E-state index in [1.165, 1.54) is 0 Å². The molecule has 0 aliphatic rings. The fourth-order valence-corrected chi connectivity index (χ4v) is 4.66. The number of rotatable bonds is 8. The number of carbonyl (C=O) groups is 2. The Labute approximate surface area is 217 Å². The quantitative estimate of drug-likeness (QED) is 0.250. The molecule has 0 bridgehead atoms. The van der Waals surface area contributed by atoms with Crippen LogP contribution >= 0.6 is 0 Å². The molecular weight excluding hydrogens is 468 g/mol. The minimum atomic E-state index is -0.454. The van der Waals surface area contributed by atoms with Crippen molar-refractivity contribution in [3.63, 3.8) is 0 Å². The second-order valence-electron chi connectivity index (χ2n) is 9.40. The predicted octanol–water partition coefficient (Wildman–Crippen LogP) is 6.73. The van der Waals surface area contributed by atoms with Crippen molar-refractivity contribution in [3.8, 4) is 11.5 Å². The van der Waals surface area contributed by atoms with E-state index < -0.39 is 11.9 Å². The number of benzene rings is 4. The Balaban J connectivity index is 2.01. The van der Waals surface area contributed by atoms with Crippen LogP contribution in [0, 0.1) is 0 Å². The van der Waals surface area contributed by atoms with Gasteiger partial charge in [0, 0.05) is 17.5 Å². The Kier molecular flexibility index (Phi) is 7.67. The molecule has 0 fully saturated rings. The molecule has 0 unspecified atom stereocenters. The van der Waals surface area contributed by atoms with Gasteiger partial charge in [0.25, 0.3) is 0 Å². The summed E-state index contributed by atoms with van der Waals surface area (Å²) in [5.74, 6) is -0.0360. The van der Waals surface area contributed by atoms with Crippen LogP contribution in [-0.2, 0) is 15.9 Å². The smallest absolute Gasteiger partial charge is 0.342 e. The van der Waals surface area contributed by atoms with Crippen LogP contribution in [0.5, 0.6) is 11.5 Å². The van der Waals surface area contributed by atoms with Gasteiger partial charge in [-0.05, 0) is 61.4 Å². The minimum Gasteiger partial charge on any atom is -0.496 e. The highest BCUT2D eigenvalue weighted by Crippen LogP contribution is 2.40. The van der Waals surface area contributed by atoms with Crippen molar-refractivity contribution < 1.29 is 28.5 Å². The van der Waals surface area contributed by atoms with Gasteiger partial charge in [0.2, 0.25) is 0 Å². The van der Waals surface area contributed by atoms with E-state index in [4.69, 9.17) is 18.9 Å². The lowest BCUT2D eigenvalue weighted by atomic mass is 9.90. The summed E-state index contributed by atoms with van der Waals surface area (Å²) < 4.78 is 22.7. The summed E-state index contributed by atoms with van der Waals surface area (Å²) >= 11 is 0. The van der Waals surface area contributed by atoms with Crippen LogP contribution in [0.4, 0.5) is 0 Å². The first-order chi connectivity index (χ1) is 17.7. The van der Waals surface area contributed by atoms with E-state index in [0.717, 1.165) is 32.7 Å². The van der Waals surface area contributed by atoms with Crippen LogP contribution in [0.3, 0.4) is 0 Å². The maximum absolute atomic E-state index is 13.1. The van der Waals surface area contributed by atoms with Gasteiger partial charge in [-0.15, -0.1) is 0 Å². The van der Waals surface area contributed by atoms with E-state index in [-0.39, 0.29) is 12.2 Å². The summed E-state index contributed by atoms with van der Waals surface area (Å²) in [6, 6.07) is 19.2. The zero-order valence-electron chi connectivity index (χ0n) is 22.1. The van der Waals surface area contributed by atoms with Gasteiger partial charge in [0.1, 0.15) is 22.6 Å². The van der Waals surface area contributed by atoms with Crippen LogP contribution in [0.25, 0.3) is 21.5 Å². The molecule has 4 aromatic rings. The summed E-state index contributed by atoms with van der Waals surface area (Å²) in [5.41, 5.74) is 2.30. The highest BCUT2D eigenvalue weighted by Gasteiger charge is 2.26. The number of hydrogen-bond acceptors (Lipinski definition) is 6. The SMILES string of the molecule is COc1c(C(=O)OC(C)C)cc2ccccc2c1Cc1c(OC)c(C(=O)OC(C)C)cc2ccccc12. The number of esters is 2.